The van der Waals surface area contributed by atoms with Gasteiger partial charge in [0, 0.05) is 0 Å². The van der Waals surface area contributed by atoms with E-state index in [0.29, 0.717) is 10.9 Å². The molecule has 0 spiro atoms. The fourth-order valence-electron chi connectivity index (χ4n) is 2.44. The van der Waals surface area contributed by atoms with Gasteiger partial charge in [-0.15, -0.1) is 0 Å². The van der Waals surface area contributed by atoms with E-state index in [9.17, 15) is 9.59 Å². The molecule has 2 amide bonds. The van der Waals surface area contributed by atoms with Crippen LogP contribution in [0.5, 0.6) is 5.75 Å². The largest absolute Gasteiger partial charge is 0.497 e. The van der Waals surface area contributed by atoms with Gasteiger partial charge in [-0.1, -0.05) is 35.6 Å². The van der Waals surface area contributed by atoms with Gasteiger partial charge in [-0.05, 0) is 36.8 Å². The molecule has 8 heteroatoms. The maximum Gasteiger partial charge on any atom is 0.260 e. The molecule has 0 bridgehead atoms. The van der Waals surface area contributed by atoms with Crippen molar-refractivity contribution in [1.82, 2.24) is 15.8 Å². The number of hydrogen-bond acceptors (Lipinski definition) is 6. The molecule has 1 atom stereocenters. The summed E-state index contributed by atoms with van der Waals surface area (Å²) in [4.78, 5) is 28.6. The second kappa shape index (κ2) is 8.50. The molecule has 0 aliphatic rings. The number of nitrogens with zero attached hydrogens (tertiary/aromatic N) is 1. The fraction of sp³-hybridized carbons (Fsp3) is 0.211. The summed E-state index contributed by atoms with van der Waals surface area (Å²) >= 11 is 1.47. The Balaban J connectivity index is 1.49. The maximum absolute atomic E-state index is 12.2. The molecule has 140 valence electrons. The summed E-state index contributed by atoms with van der Waals surface area (Å²) in [7, 11) is 1.57. The van der Waals surface area contributed by atoms with Crippen molar-refractivity contribution >= 4 is 38.5 Å². The topological polar surface area (TPSA) is 92.4 Å². The molecule has 3 N–H and O–H groups in total. The Labute approximate surface area is 160 Å². The second-order valence-corrected chi connectivity index (χ2v) is 6.95. The number of anilines is 1. The molecular weight excluding hydrogens is 364 g/mol. The van der Waals surface area contributed by atoms with Crippen LogP contribution in [0, 0.1) is 0 Å². The van der Waals surface area contributed by atoms with Crippen LogP contribution >= 0.6 is 11.3 Å². The molecule has 3 aromatic rings. The number of aromatic nitrogens is 1. The predicted molar refractivity (Wildman–Crippen MR) is 106 cm³/mol. The van der Waals surface area contributed by atoms with Crippen LogP contribution in [0.25, 0.3) is 10.2 Å². The summed E-state index contributed by atoms with van der Waals surface area (Å²) in [5.74, 6) is 0.00929. The Kier molecular flexibility index (Phi) is 5.87. The zero-order valence-corrected chi connectivity index (χ0v) is 15.8. The molecule has 0 aliphatic carbocycles. The van der Waals surface area contributed by atoms with E-state index in [0.717, 1.165) is 15.8 Å². The minimum absolute atomic E-state index is 0.136. The lowest BCUT2D eigenvalue weighted by molar-refractivity contribution is -0.128. The summed E-state index contributed by atoms with van der Waals surface area (Å²) in [6.45, 7) is 1.70. The number of hydrogen-bond donors (Lipinski definition) is 3. The number of carbonyl (C=O) groups excluding carboxylic acids is 2. The van der Waals surface area contributed by atoms with E-state index < -0.39 is 6.04 Å². The van der Waals surface area contributed by atoms with Crippen LogP contribution in [0.4, 0.5) is 5.13 Å². The molecular formula is C19H20N4O3S. The summed E-state index contributed by atoms with van der Waals surface area (Å²) < 4.78 is 6.17. The van der Waals surface area contributed by atoms with Crippen LogP contribution in [0.3, 0.4) is 0 Å². The van der Waals surface area contributed by atoms with E-state index >= 15 is 0 Å². The average molecular weight is 384 g/mol. The van der Waals surface area contributed by atoms with E-state index in [1.54, 1.807) is 26.2 Å². The smallest absolute Gasteiger partial charge is 0.260 e. The van der Waals surface area contributed by atoms with Gasteiger partial charge in [-0.2, -0.15) is 0 Å². The van der Waals surface area contributed by atoms with Crippen molar-refractivity contribution < 1.29 is 14.3 Å². The molecule has 0 saturated heterocycles. The van der Waals surface area contributed by atoms with E-state index in [2.05, 4.69) is 21.2 Å². The molecule has 0 fully saturated rings. The number of carbonyl (C=O) groups is 2. The van der Waals surface area contributed by atoms with E-state index in [1.807, 2.05) is 36.4 Å². The minimum Gasteiger partial charge on any atom is -0.497 e. The summed E-state index contributed by atoms with van der Waals surface area (Å²) in [6, 6.07) is 14.4. The number of amides is 2. The number of hydrazine groups is 1. The standard InChI is InChI=1S/C19H20N4O3S/c1-12(20-19-21-15-8-3-4-9-16(15)27-19)18(25)23-22-17(24)11-13-6-5-7-14(10-13)26-2/h3-10,12H,11H2,1-2H3,(H,20,21)(H,22,24)(H,23,25). The average Bonchev–Trinajstić information content (AvgIpc) is 3.08. The number of methoxy groups -OCH3 is 1. The number of rotatable bonds is 6. The molecule has 1 aromatic heterocycles. The van der Waals surface area contributed by atoms with Crippen molar-refractivity contribution in [3.05, 3.63) is 54.1 Å². The van der Waals surface area contributed by atoms with Gasteiger partial charge in [-0.25, -0.2) is 4.98 Å². The highest BCUT2D eigenvalue weighted by atomic mass is 32.1. The number of thiazole rings is 1. The Hall–Kier alpha value is -3.13. The molecule has 1 unspecified atom stereocenters. The predicted octanol–water partition coefficient (Wildman–Crippen LogP) is 2.50. The number of benzene rings is 2. The molecule has 27 heavy (non-hydrogen) atoms. The van der Waals surface area contributed by atoms with E-state index in [-0.39, 0.29) is 18.2 Å². The van der Waals surface area contributed by atoms with Crippen molar-refractivity contribution in [3.8, 4) is 5.75 Å². The normalized spacial score (nSPS) is 11.6. The second-order valence-electron chi connectivity index (χ2n) is 5.92. The minimum atomic E-state index is -0.553. The number of para-hydroxylation sites is 1. The first-order valence-corrected chi connectivity index (χ1v) is 9.20. The van der Waals surface area contributed by atoms with E-state index in [1.165, 1.54) is 11.3 Å². The van der Waals surface area contributed by atoms with Crippen molar-refractivity contribution in [1.29, 1.82) is 0 Å². The Morgan fingerprint density at radius 3 is 2.74 bits per heavy atom. The molecule has 2 aromatic carbocycles. The highest BCUT2D eigenvalue weighted by Gasteiger charge is 2.15. The summed E-state index contributed by atoms with van der Waals surface area (Å²) in [6.07, 6.45) is 0.136. The zero-order chi connectivity index (χ0) is 19.2. The monoisotopic (exact) mass is 384 g/mol. The molecule has 0 radical (unpaired) electrons. The van der Waals surface area contributed by atoms with Gasteiger partial charge in [0.15, 0.2) is 5.13 Å². The van der Waals surface area contributed by atoms with Gasteiger partial charge in [0.2, 0.25) is 5.91 Å². The van der Waals surface area contributed by atoms with Crippen LogP contribution in [0.2, 0.25) is 0 Å². The van der Waals surface area contributed by atoms with Crippen LogP contribution in [0.15, 0.2) is 48.5 Å². The lowest BCUT2D eigenvalue weighted by Gasteiger charge is -2.14. The Morgan fingerprint density at radius 1 is 1.15 bits per heavy atom. The van der Waals surface area contributed by atoms with Gasteiger partial charge >= 0.3 is 0 Å². The van der Waals surface area contributed by atoms with Gasteiger partial charge in [-0.3, -0.25) is 20.4 Å². The molecule has 3 rings (SSSR count). The summed E-state index contributed by atoms with van der Waals surface area (Å²) in [5, 5.41) is 3.70. The Morgan fingerprint density at radius 2 is 1.96 bits per heavy atom. The van der Waals surface area contributed by atoms with Crippen LogP contribution in [-0.4, -0.2) is 29.9 Å². The van der Waals surface area contributed by atoms with Gasteiger partial charge in [0.05, 0.1) is 23.7 Å². The first-order chi connectivity index (χ1) is 13.0. The van der Waals surface area contributed by atoms with Crippen molar-refractivity contribution in [2.24, 2.45) is 0 Å². The highest BCUT2D eigenvalue weighted by molar-refractivity contribution is 7.22. The summed E-state index contributed by atoms with van der Waals surface area (Å²) in [5.41, 5.74) is 6.53. The quantitative estimate of drug-likeness (QED) is 0.568. The van der Waals surface area contributed by atoms with Crippen molar-refractivity contribution in [3.63, 3.8) is 0 Å². The van der Waals surface area contributed by atoms with Crippen LogP contribution < -0.4 is 20.9 Å². The SMILES string of the molecule is COc1cccc(CC(=O)NNC(=O)C(C)Nc2nc3ccccc3s2)c1. The third kappa shape index (κ3) is 4.95. The lowest BCUT2D eigenvalue weighted by Crippen LogP contribution is -2.48. The highest BCUT2D eigenvalue weighted by Crippen LogP contribution is 2.25. The van der Waals surface area contributed by atoms with Gasteiger partial charge < -0.3 is 10.1 Å². The molecule has 7 nitrogen and oxygen atoms in total. The van der Waals surface area contributed by atoms with Crippen LogP contribution in [0.1, 0.15) is 12.5 Å². The first kappa shape index (κ1) is 18.7. The molecule has 0 saturated carbocycles. The Bertz CT molecular complexity index is 924. The maximum atomic E-state index is 12.2. The third-order valence-corrected chi connectivity index (χ3v) is 4.82. The van der Waals surface area contributed by atoms with Crippen molar-refractivity contribution in [2.75, 3.05) is 12.4 Å². The van der Waals surface area contributed by atoms with Gasteiger partial charge in [0.1, 0.15) is 11.8 Å². The number of nitrogens with one attached hydrogen (secondary N) is 3. The fourth-order valence-corrected chi connectivity index (χ4v) is 3.39. The van der Waals surface area contributed by atoms with Crippen LogP contribution in [-0.2, 0) is 16.0 Å². The third-order valence-electron chi connectivity index (χ3n) is 3.85. The zero-order valence-electron chi connectivity index (χ0n) is 15.0. The number of ether oxygens (including phenoxy) is 1. The lowest BCUT2D eigenvalue weighted by atomic mass is 10.1. The van der Waals surface area contributed by atoms with E-state index in [4.69, 9.17) is 4.74 Å². The number of fused-ring (bicyclic) bond motifs is 1. The van der Waals surface area contributed by atoms with Crippen molar-refractivity contribution in [2.45, 2.75) is 19.4 Å². The first-order valence-electron chi connectivity index (χ1n) is 8.39. The van der Waals surface area contributed by atoms with Gasteiger partial charge in [0.25, 0.3) is 5.91 Å². The molecule has 1 heterocycles. The molecule has 0 aliphatic heterocycles.